The fraction of sp³-hybridized carbons (Fsp3) is 0.585. The molecule has 1 saturated heterocycles. The first kappa shape index (κ1) is 60.5. The molecule has 9 unspecified atom stereocenters. The molecule has 2 bridgehead atoms. The average molecular weight is 1050 g/mol. The van der Waals surface area contributed by atoms with E-state index in [4.69, 9.17) is 15.9 Å². The number of aliphatic hydroxyl groups is 1. The molecule has 1 saturated carbocycles. The van der Waals surface area contributed by atoms with Crippen LogP contribution in [0.25, 0.3) is 0 Å². The monoisotopic (exact) mass is 1050 g/mol. The van der Waals surface area contributed by atoms with Gasteiger partial charge >= 0.3 is 18.0 Å². The number of hydrogen-bond acceptors (Lipinski definition) is 13. The minimum atomic E-state index is -1.87. The van der Waals surface area contributed by atoms with Crippen molar-refractivity contribution in [1.29, 1.82) is 5.41 Å². The van der Waals surface area contributed by atoms with E-state index in [-0.39, 0.29) is 69.5 Å². The Morgan fingerprint density at radius 2 is 1.51 bits per heavy atom. The zero-order valence-electron chi connectivity index (χ0n) is 43.7. The number of hydrogen-bond donors (Lipinski definition) is 10. The van der Waals surface area contributed by atoms with Gasteiger partial charge in [-0.3, -0.25) is 39.0 Å². The first-order valence-corrected chi connectivity index (χ1v) is 25.9. The number of carbonyl (C=O) groups is 9. The van der Waals surface area contributed by atoms with Crippen molar-refractivity contribution in [2.24, 2.45) is 11.7 Å². The summed E-state index contributed by atoms with van der Waals surface area (Å²) in [7, 11) is 1.35. The van der Waals surface area contributed by atoms with Gasteiger partial charge in [0.15, 0.2) is 5.78 Å². The molecule has 22 heteroatoms. The van der Waals surface area contributed by atoms with E-state index >= 15 is 4.79 Å². The number of benzene rings is 2. The Balaban J connectivity index is 1.84. The highest BCUT2D eigenvalue weighted by atomic mass is 16.5. The third kappa shape index (κ3) is 18.7. The summed E-state index contributed by atoms with van der Waals surface area (Å²) < 4.78 is 5.87. The number of carbonyl (C=O) groups excluding carboxylic acids is 8. The van der Waals surface area contributed by atoms with Gasteiger partial charge in [-0.25, -0.2) is 9.59 Å². The van der Waals surface area contributed by atoms with E-state index in [9.17, 15) is 53.7 Å². The minimum absolute atomic E-state index is 0.000194. The van der Waals surface area contributed by atoms with Crippen molar-refractivity contribution in [2.45, 2.75) is 185 Å². The van der Waals surface area contributed by atoms with Crippen LogP contribution in [0.2, 0.25) is 0 Å². The lowest BCUT2D eigenvalue weighted by atomic mass is 9.85. The molecule has 75 heavy (non-hydrogen) atoms. The largest absolute Gasteiger partial charge is 0.508 e. The number of likely N-dealkylation sites (N-methyl/N-ethyl adjacent to an activating group) is 1. The second-order valence-corrected chi connectivity index (χ2v) is 19.9. The van der Waals surface area contributed by atoms with Crippen LogP contribution in [0.4, 0.5) is 4.79 Å². The fourth-order valence-corrected chi connectivity index (χ4v) is 9.13. The number of aromatic hydroxyl groups is 1. The number of cyclic esters (lactones) is 1. The maximum absolute atomic E-state index is 15.1. The normalized spacial score (nSPS) is 23.6. The number of nitrogens with two attached hydrogens (primary N) is 1. The molecule has 9 atom stereocenters. The number of fused-ring (bicyclic) bond motifs is 2. The molecule has 1 aliphatic carbocycles. The molecule has 22 nitrogen and oxygen atoms in total. The number of urea groups is 1. The number of aliphatic carboxylic acids is 1. The molecule has 2 aromatic carbocycles. The zero-order valence-corrected chi connectivity index (χ0v) is 43.7. The molecular formula is C53H77N9O13. The van der Waals surface area contributed by atoms with Gasteiger partial charge in [0.05, 0.1) is 24.4 Å². The predicted octanol–water partition coefficient (Wildman–Crippen LogP) is 2.70. The second-order valence-electron chi connectivity index (χ2n) is 19.9. The van der Waals surface area contributed by atoms with Gasteiger partial charge in [-0.15, -0.1) is 0 Å². The number of aliphatic hydroxyl groups excluding tert-OH is 1. The molecule has 4 rings (SSSR count). The van der Waals surface area contributed by atoms with E-state index in [0.29, 0.717) is 24.0 Å². The van der Waals surface area contributed by atoms with Gasteiger partial charge in [-0.1, -0.05) is 95.3 Å². The SMILES string of the molecule is CCCCCCCC(=O)NC(CC(=O)O)C(=O)NC1C(=O)NC(CCCCC(=N)N)C(=O)NC2CCC(O)C(C2=O)N(Cc2ccccc2)C(=O)N(C)C(CCc2ccc(O)cc2)C(=O)NC(C(C)C)C(=O)OC1C. The van der Waals surface area contributed by atoms with Crippen molar-refractivity contribution in [3.63, 3.8) is 0 Å². The van der Waals surface area contributed by atoms with Crippen LogP contribution in [0.3, 0.4) is 0 Å². The average Bonchev–Trinajstić information content (AvgIpc) is 3.35. The number of carboxylic acid groups (broad SMARTS) is 1. The summed E-state index contributed by atoms with van der Waals surface area (Å²) in [4.78, 5) is 129. The molecule has 1 aliphatic heterocycles. The number of nitrogens with one attached hydrogen (secondary N) is 6. The van der Waals surface area contributed by atoms with E-state index in [1.165, 1.54) is 26.1 Å². The van der Waals surface area contributed by atoms with Crippen LogP contribution in [0.1, 0.15) is 129 Å². The predicted molar refractivity (Wildman–Crippen MR) is 275 cm³/mol. The summed E-state index contributed by atoms with van der Waals surface area (Å²) in [5.74, 6) is -8.62. The maximum Gasteiger partial charge on any atom is 0.329 e. The first-order valence-electron chi connectivity index (χ1n) is 25.9. The van der Waals surface area contributed by atoms with Gasteiger partial charge in [0.2, 0.25) is 29.5 Å². The van der Waals surface area contributed by atoms with Crippen molar-refractivity contribution in [3.8, 4) is 5.75 Å². The summed E-state index contributed by atoms with van der Waals surface area (Å²) in [6.45, 7) is 6.28. The van der Waals surface area contributed by atoms with E-state index in [0.717, 1.165) is 35.5 Å². The highest BCUT2D eigenvalue weighted by molar-refractivity contribution is 6.00. The van der Waals surface area contributed by atoms with Crippen LogP contribution in [-0.2, 0) is 56.1 Å². The number of aryl methyl sites for hydroxylation is 1. The van der Waals surface area contributed by atoms with Gasteiger partial charge in [0.25, 0.3) is 0 Å². The summed E-state index contributed by atoms with van der Waals surface area (Å²) in [5.41, 5.74) is 6.84. The summed E-state index contributed by atoms with van der Waals surface area (Å²) in [6.07, 6.45) is 0.598. The molecule has 0 aromatic heterocycles. The Bertz CT molecular complexity index is 2300. The Morgan fingerprint density at radius 1 is 0.840 bits per heavy atom. The van der Waals surface area contributed by atoms with Crippen molar-refractivity contribution in [1.82, 2.24) is 36.4 Å². The van der Waals surface area contributed by atoms with E-state index in [1.54, 1.807) is 56.3 Å². The summed E-state index contributed by atoms with van der Waals surface area (Å²) in [6, 6.07) is 3.24. The van der Waals surface area contributed by atoms with Crippen molar-refractivity contribution >= 4 is 59.1 Å². The molecular weight excluding hydrogens is 971 g/mol. The van der Waals surface area contributed by atoms with Crippen LogP contribution in [0.5, 0.6) is 5.75 Å². The number of carboxylic acids is 1. The lowest BCUT2D eigenvalue weighted by Gasteiger charge is -2.42. The Labute approximate surface area is 438 Å². The maximum atomic E-state index is 15.1. The van der Waals surface area contributed by atoms with Gasteiger partial charge < -0.3 is 62.2 Å². The molecule has 2 aliphatic rings. The molecule has 2 aromatic rings. The Morgan fingerprint density at radius 3 is 2.15 bits per heavy atom. The Hall–Kier alpha value is -7.10. The number of Topliss-reactive ketones (excluding diaryl/α,β-unsaturated/α-hetero) is 1. The number of ketones is 1. The van der Waals surface area contributed by atoms with Gasteiger partial charge in [-0.05, 0) is 81.0 Å². The summed E-state index contributed by atoms with van der Waals surface area (Å²) in [5, 5.41) is 52.0. The molecule has 7 amide bonds. The lowest BCUT2D eigenvalue weighted by molar-refractivity contribution is -0.157. The van der Waals surface area contributed by atoms with Crippen molar-refractivity contribution < 1.29 is 63.2 Å². The molecule has 1 heterocycles. The highest BCUT2D eigenvalue weighted by Gasteiger charge is 2.46. The smallest absolute Gasteiger partial charge is 0.329 e. The van der Waals surface area contributed by atoms with Gasteiger partial charge in [0, 0.05) is 26.4 Å². The number of phenolic OH excluding ortho intramolecular Hbond substituents is 1. The third-order valence-electron chi connectivity index (χ3n) is 13.5. The Kier molecular flexibility index (Phi) is 23.9. The number of amidine groups is 1. The molecule has 11 N–H and O–H groups in total. The lowest BCUT2D eigenvalue weighted by Crippen LogP contribution is -2.64. The topological polar surface area (TPSA) is 340 Å². The van der Waals surface area contributed by atoms with Crippen LogP contribution in [0.15, 0.2) is 54.6 Å². The van der Waals surface area contributed by atoms with Crippen LogP contribution >= 0.6 is 0 Å². The molecule has 2 fully saturated rings. The summed E-state index contributed by atoms with van der Waals surface area (Å²) >= 11 is 0. The van der Waals surface area contributed by atoms with E-state index < -0.39 is 120 Å². The van der Waals surface area contributed by atoms with Crippen molar-refractivity contribution in [2.75, 3.05) is 7.05 Å². The fourth-order valence-electron chi connectivity index (χ4n) is 9.13. The van der Waals surface area contributed by atoms with E-state index in [1.807, 2.05) is 6.92 Å². The first-order chi connectivity index (χ1) is 35.6. The van der Waals surface area contributed by atoms with Crippen LogP contribution in [0, 0.1) is 11.3 Å². The number of phenols is 1. The zero-order chi connectivity index (χ0) is 55.4. The molecule has 0 spiro atoms. The number of esters is 1. The molecule has 412 valence electrons. The van der Waals surface area contributed by atoms with E-state index in [2.05, 4.69) is 26.6 Å². The quantitative estimate of drug-likeness (QED) is 0.0351. The minimum Gasteiger partial charge on any atom is -0.508 e. The highest BCUT2D eigenvalue weighted by Crippen LogP contribution is 2.26. The van der Waals surface area contributed by atoms with Crippen LogP contribution in [-0.4, -0.2) is 146 Å². The number of nitrogens with zero attached hydrogens (tertiary/aromatic N) is 2. The van der Waals surface area contributed by atoms with Crippen LogP contribution < -0.4 is 32.3 Å². The number of unbranched alkanes of at least 4 members (excludes halogenated alkanes) is 5. The second kappa shape index (κ2) is 29.7. The number of ether oxygens (including phenoxy) is 1. The molecule has 0 radical (unpaired) electrons. The van der Waals surface area contributed by atoms with Gasteiger partial charge in [-0.2, -0.15) is 0 Å². The number of rotatable bonds is 22. The number of amides is 7. The third-order valence-corrected chi connectivity index (χ3v) is 13.5. The van der Waals surface area contributed by atoms with Crippen molar-refractivity contribution in [3.05, 3.63) is 65.7 Å². The van der Waals surface area contributed by atoms with Gasteiger partial charge in [0.1, 0.15) is 48.1 Å². The standard InChI is InChI=1S/C53H77N9O13/c1-6-7-8-9-13-20-42(65)56-38(29-43(66)67)49(70)60-45-32(4)75-52(73)44(31(2)3)59-50(71)39(27-23-33-21-24-35(63)25-22-33)61(5)53(74)62(30-34-16-11-10-12-17-34)46-40(64)28-26-36(47(46)68)57-48(69)37(58-51(45)72)18-14-15-19-41(54)55/h10-12,16-17,21-22,24-25,31-32,36-40,44-46,63-64H,6-9,13-15,18-20,23,26-30H2,1-5H3,(H3,54,55)(H,56,65)(H,57,69)(H,58,72)(H,59,71)(H,60,70)(H,66,67).